The molecule has 2 aromatic carbocycles. The fourth-order valence-corrected chi connectivity index (χ4v) is 3.18. The molecule has 0 spiro atoms. The number of rotatable bonds is 6. The number of anilines is 4. The van der Waals surface area contributed by atoms with Crippen molar-refractivity contribution in [2.24, 2.45) is 0 Å². The maximum atomic E-state index is 10.6. The van der Waals surface area contributed by atoms with E-state index in [-0.39, 0.29) is 6.42 Å². The minimum atomic E-state index is -0.718. The SMILES string of the molecule is CCN1c2ccccc2Nc2c(CCCCC(=O)O)cccc21. The van der Waals surface area contributed by atoms with Gasteiger partial charge in [-0.25, -0.2) is 0 Å². The molecule has 0 amide bonds. The number of unbranched alkanes of at least 4 members (excludes halogenated alkanes) is 1. The van der Waals surface area contributed by atoms with Gasteiger partial charge in [0.1, 0.15) is 0 Å². The summed E-state index contributed by atoms with van der Waals surface area (Å²) in [6, 6.07) is 14.7. The van der Waals surface area contributed by atoms with Gasteiger partial charge < -0.3 is 15.3 Å². The van der Waals surface area contributed by atoms with E-state index in [1.54, 1.807) is 0 Å². The highest BCUT2D eigenvalue weighted by molar-refractivity contribution is 5.93. The molecule has 0 fully saturated rings. The fourth-order valence-electron chi connectivity index (χ4n) is 3.18. The van der Waals surface area contributed by atoms with Crippen molar-refractivity contribution in [3.05, 3.63) is 48.0 Å². The van der Waals surface area contributed by atoms with E-state index in [9.17, 15) is 4.79 Å². The Morgan fingerprint density at radius 2 is 1.87 bits per heavy atom. The quantitative estimate of drug-likeness (QED) is 0.759. The van der Waals surface area contributed by atoms with Crippen molar-refractivity contribution < 1.29 is 9.90 Å². The number of benzene rings is 2. The molecule has 0 bridgehead atoms. The minimum absolute atomic E-state index is 0.242. The standard InChI is InChI=1S/C19H22N2O2/c1-2-21-16-11-5-4-10-15(16)20-19-14(9-7-12-17(19)21)8-3-6-13-18(22)23/h4-5,7,9-12,20H,2-3,6,8,13H2,1H3,(H,22,23). The van der Waals surface area contributed by atoms with Crippen molar-refractivity contribution in [3.63, 3.8) is 0 Å². The minimum Gasteiger partial charge on any atom is -0.481 e. The predicted octanol–water partition coefficient (Wildman–Crippen LogP) is 4.70. The van der Waals surface area contributed by atoms with Crippen LogP contribution in [0.5, 0.6) is 0 Å². The molecule has 3 rings (SSSR count). The van der Waals surface area contributed by atoms with E-state index in [0.717, 1.165) is 30.8 Å². The molecule has 1 aliphatic heterocycles. The molecule has 0 saturated heterocycles. The van der Waals surface area contributed by atoms with Crippen molar-refractivity contribution in [2.45, 2.75) is 32.6 Å². The van der Waals surface area contributed by atoms with Crippen LogP contribution in [0.15, 0.2) is 42.5 Å². The van der Waals surface area contributed by atoms with Crippen molar-refractivity contribution >= 4 is 28.7 Å². The predicted molar refractivity (Wildman–Crippen MR) is 94.0 cm³/mol. The van der Waals surface area contributed by atoms with Gasteiger partial charge in [0.05, 0.1) is 22.7 Å². The molecule has 2 N–H and O–H groups in total. The molecule has 0 aliphatic carbocycles. The molecule has 2 aromatic rings. The summed E-state index contributed by atoms with van der Waals surface area (Å²) >= 11 is 0. The Hall–Kier alpha value is -2.49. The van der Waals surface area contributed by atoms with Gasteiger partial charge in [0, 0.05) is 13.0 Å². The second-order valence-corrected chi connectivity index (χ2v) is 5.80. The molecular weight excluding hydrogens is 288 g/mol. The van der Waals surface area contributed by atoms with Crippen molar-refractivity contribution in [1.82, 2.24) is 0 Å². The van der Waals surface area contributed by atoms with E-state index < -0.39 is 5.97 Å². The summed E-state index contributed by atoms with van der Waals surface area (Å²) in [7, 11) is 0. The summed E-state index contributed by atoms with van der Waals surface area (Å²) < 4.78 is 0. The van der Waals surface area contributed by atoms with Crippen LogP contribution in [0, 0.1) is 0 Å². The summed E-state index contributed by atoms with van der Waals surface area (Å²) in [5.41, 5.74) is 5.93. The van der Waals surface area contributed by atoms with Crippen molar-refractivity contribution in [1.29, 1.82) is 0 Å². The summed E-state index contributed by atoms with van der Waals surface area (Å²) in [6.07, 6.45) is 2.74. The maximum Gasteiger partial charge on any atom is 0.303 e. The molecule has 4 nitrogen and oxygen atoms in total. The lowest BCUT2D eigenvalue weighted by Gasteiger charge is -2.34. The van der Waals surface area contributed by atoms with Gasteiger partial charge >= 0.3 is 5.97 Å². The fraction of sp³-hybridized carbons (Fsp3) is 0.316. The average molecular weight is 310 g/mol. The molecule has 4 heteroatoms. The highest BCUT2D eigenvalue weighted by Crippen LogP contribution is 2.44. The molecule has 0 aromatic heterocycles. The van der Waals surface area contributed by atoms with E-state index in [1.165, 1.54) is 16.9 Å². The van der Waals surface area contributed by atoms with Gasteiger partial charge in [-0.2, -0.15) is 0 Å². The zero-order valence-electron chi connectivity index (χ0n) is 13.4. The van der Waals surface area contributed by atoms with Crippen LogP contribution in [0.4, 0.5) is 22.7 Å². The number of nitrogens with zero attached hydrogens (tertiary/aromatic N) is 1. The highest BCUT2D eigenvalue weighted by Gasteiger charge is 2.22. The first kappa shape index (κ1) is 15.4. The second kappa shape index (κ2) is 6.73. The summed E-state index contributed by atoms with van der Waals surface area (Å²) in [5.74, 6) is -0.718. The van der Waals surface area contributed by atoms with Gasteiger partial charge in [-0.05, 0) is 49.9 Å². The van der Waals surface area contributed by atoms with Gasteiger partial charge in [0.25, 0.3) is 0 Å². The van der Waals surface area contributed by atoms with Gasteiger partial charge in [0.2, 0.25) is 0 Å². The number of fused-ring (bicyclic) bond motifs is 2. The number of carbonyl (C=O) groups is 1. The van der Waals surface area contributed by atoms with Crippen LogP contribution < -0.4 is 10.2 Å². The number of hydrogen-bond donors (Lipinski definition) is 2. The smallest absolute Gasteiger partial charge is 0.303 e. The van der Waals surface area contributed by atoms with E-state index in [4.69, 9.17) is 5.11 Å². The number of nitrogens with one attached hydrogen (secondary N) is 1. The lowest BCUT2D eigenvalue weighted by Crippen LogP contribution is -2.22. The van der Waals surface area contributed by atoms with Crippen LogP contribution >= 0.6 is 0 Å². The summed E-state index contributed by atoms with van der Waals surface area (Å²) in [5, 5.41) is 12.3. The Morgan fingerprint density at radius 3 is 2.65 bits per heavy atom. The van der Waals surface area contributed by atoms with Crippen LogP contribution in [-0.4, -0.2) is 17.6 Å². The molecule has 0 radical (unpaired) electrons. The molecule has 1 aliphatic rings. The lowest BCUT2D eigenvalue weighted by atomic mass is 10.0. The Bertz CT molecular complexity index is 712. The van der Waals surface area contributed by atoms with E-state index in [1.807, 2.05) is 6.07 Å². The average Bonchev–Trinajstić information content (AvgIpc) is 2.56. The summed E-state index contributed by atoms with van der Waals surface area (Å²) in [4.78, 5) is 13.0. The molecular formula is C19H22N2O2. The molecule has 1 heterocycles. The van der Waals surface area contributed by atoms with Gasteiger partial charge in [-0.15, -0.1) is 0 Å². The number of aryl methyl sites for hydroxylation is 1. The number of para-hydroxylation sites is 3. The van der Waals surface area contributed by atoms with E-state index in [2.05, 4.69) is 53.5 Å². The Morgan fingerprint density at radius 1 is 1.09 bits per heavy atom. The first-order valence-corrected chi connectivity index (χ1v) is 8.18. The lowest BCUT2D eigenvalue weighted by molar-refractivity contribution is -0.137. The Kier molecular flexibility index (Phi) is 4.51. The van der Waals surface area contributed by atoms with E-state index >= 15 is 0 Å². The Labute approximate surface area is 136 Å². The second-order valence-electron chi connectivity index (χ2n) is 5.80. The Balaban J connectivity index is 1.85. The van der Waals surface area contributed by atoms with E-state index in [0.29, 0.717) is 6.42 Å². The van der Waals surface area contributed by atoms with Gasteiger partial charge in [0.15, 0.2) is 0 Å². The van der Waals surface area contributed by atoms with Crippen molar-refractivity contribution in [3.8, 4) is 0 Å². The van der Waals surface area contributed by atoms with Crippen LogP contribution in [0.1, 0.15) is 31.7 Å². The third kappa shape index (κ3) is 3.16. The first-order chi connectivity index (χ1) is 11.2. The normalized spacial score (nSPS) is 12.3. The number of carboxylic acids is 1. The number of aliphatic carboxylic acids is 1. The third-order valence-electron chi connectivity index (χ3n) is 4.28. The number of hydrogen-bond acceptors (Lipinski definition) is 3. The highest BCUT2D eigenvalue weighted by atomic mass is 16.4. The summed E-state index contributed by atoms with van der Waals surface area (Å²) in [6.45, 7) is 3.07. The number of carboxylic acid groups (broad SMARTS) is 1. The van der Waals surface area contributed by atoms with Crippen LogP contribution in [0.2, 0.25) is 0 Å². The van der Waals surface area contributed by atoms with Crippen molar-refractivity contribution in [2.75, 3.05) is 16.8 Å². The largest absolute Gasteiger partial charge is 0.481 e. The monoisotopic (exact) mass is 310 g/mol. The van der Waals surface area contributed by atoms with Gasteiger partial charge in [-0.1, -0.05) is 24.3 Å². The zero-order valence-corrected chi connectivity index (χ0v) is 13.4. The molecule has 0 atom stereocenters. The zero-order chi connectivity index (χ0) is 16.2. The van der Waals surface area contributed by atoms with Crippen LogP contribution in [0.25, 0.3) is 0 Å². The maximum absolute atomic E-state index is 10.6. The van der Waals surface area contributed by atoms with Crippen LogP contribution in [-0.2, 0) is 11.2 Å². The molecule has 0 unspecified atom stereocenters. The van der Waals surface area contributed by atoms with Gasteiger partial charge in [-0.3, -0.25) is 4.79 Å². The topological polar surface area (TPSA) is 52.6 Å². The molecule has 120 valence electrons. The molecule has 23 heavy (non-hydrogen) atoms. The van der Waals surface area contributed by atoms with Crippen LogP contribution in [0.3, 0.4) is 0 Å². The molecule has 0 saturated carbocycles. The first-order valence-electron chi connectivity index (χ1n) is 8.18. The third-order valence-corrected chi connectivity index (χ3v) is 4.28.